The topological polar surface area (TPSA) is 54.0 Å². The average molecular weight is 469 g/mol. The van der Waals surface area contributed by atoms with Crippen LogP contribution in [-0.4, -0.2) is 66.8 Å². The Morgan fingerprint density at radius 1 is 0.846 bits per heavy atom. The van der Waals surface area contributed by atoms with Crippen molar-refractivity contribution in [2.75, 3.05) is 6.61 Å². The van der Waals surface area contributed by atoms with Crippen LogP contribution in [0.2, 0.25) is 63.2 Å². The third-order valence-corrected chi connectivity index (χ3v) is 22.2. The van der Waals surface area contributed by atoms with Gasteiger partial charge in [0.2, 0.25) is 0 Å². The molecule has 0 fully saturated rings. The maximum absolute atomic E-state index is 11.5. The van der Waals surface area contributed by atoms with E-state index in [-0.39, 0.29) is 10.3 Å². The van der Waals surface area contributed by atoms with Gasteiger partial charge in [0.15, 0.2) is 54.2 Å². The number of esters is 1. The van der Waals surface area contributed by atoms with Crippen LogP contribution in [0, 0.1) is 0 Å². The lowest BCUT2D eigenvalue weighted by molar-refractivity contribution is -0.137. The van der Waals surface area contributed by atoms with Gasteiger partial charge in [0.05, 0.1) is 6.61 Å². The summed E-state index contributed by atoms with van der Waals surface area (Å²) in [5.74, 6) is -0.354. The van der Waals surface area contributed by atoms with Crippen LogP contribution < -0.4 is 0 Å². The Hall–Kier alpha value is 0.391. The fraction of sp³-hybridized carbons (Fsp3) is 0.800. The molecule has 0 saturated carbocycles. The Bertz CT molecular complexity index is 407. The summed E-state index contributed by atoms with van der Waals surface area (Å²) in [4.78, 5) is 11.5. The lowest BCUT2D eigenvalue weighted by atomic mass is 10.5. The molecule has 0 unspecified atom stereocenters. The third kappa shape index (κ3) is 14.4. The number of carbonyl (C=O) groups is 1. The van der Waals surface area contributed by atoms with E-state index in [0.717, 1.165) is 6.42 Å². The molecule has 0 saturated heterocycles. The predicted octanol–water partition coefficient (Wildman–Crippen LogP) is 1.99. The zero-order chi connectivity index (χ0) is 20.6. The van der Waals surface area contributed by atoms with Crippen molar-refractivity contribution >= 4 is 60.2 Å². The van der Waals surface area contributed by atoms with Gasteiger partial charge < -0.3 is 17.1 Å². The smallest absolute Gasteiger partial charge is 0.330 e. The molecule has 5 nitrogen and oxygen atoms in total. The van der Waals surface area contributed by atoms with Gasteiger partial charge in [-0.3, -0.25) is 0 Å². The summed E-state index contributed by atoms with van der Waals surface area (Å²) in [5.41, 5.74) is 0. The second-order valence-corrected chi connectivity index (χ2v) is 34.3. The second kappa shape index (κ2) is 10.8. The van der Waals surface area contributed by atoms with E-state index in [1.54, 1.807) is 0 Å². The SMILES string of the molecule is C=CC(=O)OCCC([SiH2]O[Si](C)(C)C)([SiH2]O[Si](C)(C)C)[SiH2]O[Si](C)(C)C. The highest BCUT2D eigenvalue weighted by atomic mass is 28.4. The van der Waals surface area contributed by atoms with Crippen molar-refractivity contribution in [3.8, 4) is 0 Å². The summed E-state index contributed by atoms with van der Waals surface area (Å²) in [7, 11) is -7.21. The van der Waals surface area contributed by atoms with Crippen LogP contribution >= 0.6 is 0 Å². The third-order valence-electron chi connectivity index (χ3n) is 3.48. The van der Waals surface area contributed by atoms with Gasteiger partial charge in [-0.25, -0.2) is 4.79 Å². The van der Waals surface area contributed by atoms with Crippen LogP contribution in [0.3, 0.4) is 0 Å². The Morgan fingerprint density at radius 3 is 1.46 bits per heavy atom. The number of carbonyl (C=O) groups excluding carboxylic acids is 1. The van der Waals surface area contributed by atoms with E-state index in [1.165, 1.54) is 6.08 Å². The maximum Gasteiger partial charge on any atom is 0.330 e. The second-order valence-electron chi connectivity index (χ2n) is 9.82. The van der Waals surface area contributed by atoms with Crippen LogP contribution in [0.25, 0.3) is 0 Å². The van der Waals surface area contributed by atoms with Gasteiger partial charge in [0.1, 0.15) is 0 Å². The summed E-state index contributed by atoms with van der Waals surface area (Å²) in [6.45, 7) is 24.1. The van der Waals surface area contributed by atoms with Crippen molar-refractivity contribution in [2.45, 2.75) is 69.6 Å². The van der Waals surface area contributed by atoms with E-state index in [4.69, 9.17) is 17.1 Å². The molecule has 0 aliphatic carbocycles. The molecule has 0 heterocycles. The van der Waals surface area contributed by atoms with Crippen molar-refractivity contribution in [3.63, 3.8) is 0 Å². The molecule has 0 aliphatic heterocycles. The molecule has 0 aromatic carbocycles. The van der Waals surface area contributed by atoms with Gasteiger partial charge in [0.25, 0.3) is 0 Å². The van der Waals surface area contributed by atoms with Crippen LogP contribution in [0.1, 0.15) is 6.42 Å². The summed E-state index contributed by atoms with van der Waals surface area (Å²) < 4.78 is 24.8. The van der Waals surface area contributed by atoms with Crippen molar-refractivity contribution in [3.05, 3.63) is 12.7 Å². The van der Waals surface area contributed by atoms with E-state index >= 15 is 0 Å². The molecule has 0 amide bonds. The van der Waals surface area contributed by atoms with Crippen molar-refractivity contribution < 1.29 is 21.9 Å². The standard InChI is InChI=1S/C15H40O5Si6/c1-11-14(16)17-13-12-15(21-18-24(2,3)4,22-19-25(5,6)7)23-20-26(8,9)10/h11H,1,12-13,21-23H2,2-10H3. The molecule has 0 atom stereocenters. The molecule has 0 aliphatic rings. The molecule has 154 valence electrons. The minimum Gasteiger partial charge on any atom is -0.463 e. The highest BCUT2D eigenvalue weighted by molar-refractivity contribution is 6.86. The lowest BCUT2D eigenvalue weighted by Gasteiger charge is -2.38. The van der Waals surface area contributed by atoms with E-state index in [1.807, 2.05) is 0 Å². The van der Waals surface area contributed by atoms with Crippen LogP contribution in [0.5, 0.6) is 0 Å². The Labute approximate surface area is 170 Å². The van der Waals surface area contributed by atoms with Crippen LogP contribution in [0.4, 0.5) is 0 Å². The van der Waals surface area contributed by atoms with Gasteiger partial charge in [-0.2, -0.15) is 0 Å². The summed E-state index contributed by atoms with van der Waals surface area (Å²) >= 11 is 0. The molecule has 0 radical (unpaired) electrons. The normalized spacial score (nSPS) is 16.8. The zero-order valence-corrected chi connectivity index (χ0v) is 25.6. The molecule has 11 heteroatoms. The molecule has 0 bridgehead atoms. The van der Waals surface area contributed by atoms with Crippen molar-refractivity contribution in [2.24, 2.45) is 0 Å². The molecule has 0 spiro atoms. The summed E-state index contributed by atoms with van der Waals surface area (Å²) in [6, 6.07) is 0. The number of hydrogen-bond donors (Lipinski definition) is 0. The highest BCUT2D eigenvalue weighted by Gasteiger charge is 2.38. The van der Waals surface area contributed by atoms with Crippen LogP contribution in [-0.2, 0) is 21.9 Å². The summed E-state index contributed by atoms with van der Waals surface area (Å²) in [5, 5.41) is 0. The van der Waals surface area contributed by atoms with Gasteiger partial charge >= 0.3 is 5.97 Å². The fourth-order valence-corrected chi connectivity index (χ4v) is 18.1. The number of rotatable bonds is 13. The van der Waals surface area contributed by atoms with Gasteiger partial charge in [-0.1, -0.05) is 6.58 Å². The van der Waals surface area contributed by atoms with Gasteiger partial charge in [-0.15, -0.1) is 0 Å². The molecule has 0 N–H and O–H groups in total. The molecular formula is C15H40O5Si6. The molecule has 0 aromatic rings. The highest BCUT2D eigenvalue weighted by Crippen LogP contribution is 2.31. The Balaban J connectivity index is 5.34. The maximum atomic E-state index is 11.5. The predicted molar refractivity (Wildman–Crippen MR) is 127 cm³/mol. The van der Waals surface area contributed by atoms with E-state index in [9.17, 15) is 4.79 Å². The summed E-state index contributed by atoms with van der Waals surface area (Å²) in [6.07, 6.45) is 2.06. The monoisotopic (exact) mass is 468 g/mol. The molecule has 0 rings (SSSR count). The molecule has 26 heavy (non-hydrogen) atoms. The van der Waals surface area contributed by atoms with Crippen molar-refractivity contribution in [1.82, 2.24) is 0 Å². The Kier molecular flexibility index (Phi) is 11.0. The first-order valence-electron chi connectivity index (χ1n) is 9.29. The van der Waals surface area contributed by atoms with Crippen LogP contribution in [0.15, 0.2) is 12.7 Å². The van der Waals surface area contributed by atoms with Gasteiger partial charge in [-0.05, 0) is 65.3 Å². The Morgan fingerprint density at radius 2 is 1.19 bits per heavy atom. The minimum atomic E-state index is -1.59. The lowest BCUT2D eigenvalue weighted by Crippen LogP contribution is -2.47. The molecular weight excluding hydrogens is 429 g/mol. The number of ether oxygens (including phenoxy) is 1. The first-order valence-corrected chi connectivity index (χ1v) is 23.4. The van der Waals surface area contributed by atoms with Gasteiger partial charge in [0, 0.05) is 10.4 Å². The van der Waals surface area contributed by atoms with Crippen molar-refractivity contribution in [1.29, 1.82) is 0 Å². The molecule has 0 aromatic heterocycles. The van der Waals surface area contributed by atoms with E-state index in [0.29, 0.717) is 6.61 Å². The zero-order valence-electron chi connectivity index (χ0n) is 18.4. The largest absolute Gasteiger partial charge is 0.463 e. The minimum absolute atomic E-state index is 0.0995. The van der Waals surface area contributed by atoms with E-state index in [2.05, 4.69) is 65.5 Å². The van der Waals surface area contributed by atoms with E-state index < -0.39 is 54.2 Å². The average Bonchev–Trinajstić information content (AvgIpc) is 2.45. The first-order chi connectivity index (χ1) is 11.6. The fourth-order valence-electron chi connectivity index (χ4n) is 1.88. The quantitative estimate of drug-likeness (QED) is 0.235. The first kappa shape index (κ1) is 26.4. The number of hydrogen-bond acceptors (Lipinski definition) is 5.